The molecule has 1 aromatic heterocycles. The molecule has 2 aromatic rings. The Bertz CT molecular complexity index is 611. The Hall–Kier alpha value is -2.07. The van der Waals surface area contributed by atoms with Crippen molar-refractivity contribution in [3.8, 4) is 11.5 Å². The summed E-state index contributed by atoms with van der Waals surface area (Å²) in [5, 5.41) is 0. The Labute approximate surface area is 119 Å². The molecule has 0 saturated carbocycles. The number of pyridine rings is 1. The molecule has 1 aromatic carbocycles. The van der Waals surface area contributed by atoms with Crippen LogP contribution in [0.15, 0.2) is 30.3 Å². The third-order valence-corrected chi connectivity index (χ3v) is 3.38. The standard InChI is InChI=1S/C16H20N2O2/c1-10-5-7-13(11(2)18-10)16(17)14-8-6-12(19-3)9-15(14)20-4/h5-9,16H,17H2,1-4H3. The van der Waals surface area contributed by atoms with E-state index in [0.717, 1.165) is 34.0 Å². The first-order valence-electron chi connectivity index (χ1n) is 6.48. The SMILES string of the molecule is COc1ccc(C(N)c2ccc(C)nc2C)c(OC)c1. The first kappa shape index (κ1) is 14.3. The molecular formula is C16H20N2O2. The average Bonchev–Trinajstić information content (AvgIpc) is 2.46. The van der Waals surface area contributed by atoms with Crippen molar-refractivity contribution in [1.82, 2.24) is 4.98 Å². The zero-order chi connectivity index (χ0) is 14.7. The number of benzene rings is 1. The van der Waals surface area contributed by atoms with Gasteiger partial charge in [-0.05, 0) is 37.6 Å². The number of aryl methyl sites for hydroxylation is 2. The van der Waals surface area contributed by atoms with Gasteiger partial charge in [0.25, 0.3) is 0 Å². The first-order chi connectivity index (χ1) is 9.56. The zero-order valence-corrected chi connectivity index (χ0v) is 12.3. The van der Waals surface area contributed by atoms with E-state index in [2.05, 4.69) is 4.98 Å². The summed E-state index contributed by atoms with van der Waals surface area (Å²) in [7, 11) is 3.26. The van der Waals surface area contributed by atoms with Crippen LogP contribution in [0.4, 0.5) is 0 Å². The molecule has 2 N–H and O–H groups in total. The van der Waals surface area contributed by atoms with Crippen molar-refractivity contribution < 1.29 is 9.47 Å². The highest BCUT2D eigenvalue weighted by Crippen LogP contribution is 2.32. The second-order valence-electron chi connectivity index (χ2n) is 4.71. The van der Waals surface area contributed by atoms with Crippen LogP contribution in [0.3, 0.4) is 0 Å². The highest BCUT2D eigenvalue weighted by molar-refractivity contribution is 5.46. The summed E-state index contributed by atoms with van der Waals surface area (Å²) < 4.78 is 10.6. The van der Waals surface area contributed by atoms with E-state index in [0.29, 0.717) is 0 Å². The molecule has 0 saturated heterocycles. The minimum atomic E-state index is -0.274. The fraction of sp³-hybridized carbons (Fsp3) is 0.312. The van der Waals surface area contributed by atoms with Crippen LogP contribution in [0.25, 0.3) is 0 Å². The molecule has 4 nitrogen and oxygen atoms in total. The predicted molar refractivity (Wildman–Crippen MR) is 79.3 cm³/mol. The second-order valence-corrected chi connectivity index (χ2v) is 4.71. The molecule has 0 aliphatic carbocycles. The van der Waals surface area contributed by atoms with Gasteiger partial charge in [-0.25, -0.2) is 0 Å². The Morgan fingerprint density at radius 3 is 2.30 bits per heavy atom. The number of methoxy groups -OCH3 is 2. The number of hydrogen-bond acceptors (Lipinski definition) is 4. The van der Waals surface area contributed by atoms with E-state index >= 15 is 0 Å². The van der Waals surface area contributed by atoms with Crippen LogP contribution >= 0.6 is 0 Å². The molecule has 4 heteroatoms. The summed E-state index contributed by atoms with van der Waals surface area (Å²) in [6, 6.07) is 9.37. The molecule has 0 fully saturated rings. The molecule has 0 spiro atoms. The number of hydrogen-bond donors (Lipinski definition) is 1. The topological polar surface area (TPSA) is 57.4 Å². The van der Waals surface area contributed by atoms with Gasteiger partial charge in [0.2, 0.25) is 0 Å². The van der Waals surface area contributed by atoms with Gasteiger partial charge in [-0.3, -0.25) is 4.98 Å². The average molecular weight is 272 g/mol. The molecule has 106 valence electrons. The summed E-state index contributed by atoms with van der Waals surface area (Å²) in [5.41, 5.74) is 10.2. The van der Waals surface area contributed by atoms with Crippen LogP contribution in [0, 0.1) is 13.8 Å². The van der Waals surface area contributed by atoms with E-state index in [9.17, 15) is 0 Å². The van der Waals surface area contributed by atoms with Gasteiger partial charge in [0.05, 0.1) is 20.3 Å². The molecule has 2 rings (SSSR count). The van der Waals surface area contributed by atoms with Gasteiger partial charge >= 0.3 is 0 Å². The third kappa shape index (κ3) is 2.75. The summed E-state index contributed by atoms with van der Waals surface area (Å²) in [6.07, 6.45) is 0. The van der Waals surface area contributed by atoms with Crippen molar-refractivity contribution in [2.24, 2.45) is 5.73 Å². The normalized spacial score (nSPS) is 12.1. The minimum absolute atomic E-state index is 0.274. The Morgan fingerprint density at radius 2 is 1.70 bits per heavy atom. The van der Waals surface area contributed by atoms with Gasteiger partial charge in [0.1, 0.15) is 11.5 Å². The lowest BCUT2D eigenvalue weighted by Crippen LogP contribution is -2.15. The maximum Gasteiger partial charge on any atom is 0.127 e. The monoisotopic (exact) mass is 272 g/mol. The Kier molecular flexibility index (Phi) is 4.25. The van der Waals surface area contributed by atoms with E-state index in [4.69, 9.17) is 15.2 Å². The van der Waals surface area contributed by atoms with Gasteiger partial charge in [0, 0.05) is 23.0 Å². The first-order valence-corrected chi connectivity index (χ1v) is 6.48. The van der Waals surface area contributed by atoms with Crippen molar-refractivity contribution >= 4 is 0 Å². The molecule has 1 atom stereocenters. The molecular weight excluding hydrogens is 252 g/mol. The summed E-state index contributed by atoms with van der Waals surface area (Å²) in [5.74, 6) is 1.47. The molecule has 0 bridgehead atoms. The number of nitrogens with two attached hydrogens (primary N) is 1. The van der Waals surface area contributed by atoms with Crippen LogP contribution in [0.1, 0.15) is 28.6 Å². The van der Waals surface area contributed by atoms with Crippen molar-refractivity contribution in [2.75, 3.05) is 14.2 Å². The summed E-state index contributed by atoms with van der Waals surface area (Å²) >= 11 is 0. The van der Waals surface area contributed by atoms with Gasteiger partial charge in [-0.1, -0.05) is 6.07 Å². The van der Waals surface area contributed by atoms with Crippen molar-refractivity contribution in [3.63, 3.8) is 0 Å². The molecule has 0 aliphatic heterocycles. The second kappa shape index (κ2) is 5.92. The number of aromatic nitrogens is 1. The van der Waals surface area contributed by atoms with Crippen molar-refractivity contribution in [3.05, 3.63) is 52.8 Å². The summed E-state index contributed by atoms with van der Waals surface area (Å²) in [4.78, 5) is 4.46. The van der Waals surface area contributed by atoms with E-state index in [1.54, 1.807) is 14.2 Å². The van der Waals surface area contributed by atoms with Crippen LogP contribution in [0.2, 0.25) is 0 Å². The third-order valence-electron chi connectivity index (χ3n) is 3.38. The van der Waals surface area contributed by atoms with Gasteiger partial charge in [-0.15, -0.1) is 0 Å². The van der Waals surface area contributed by atoms with Crippen LogP contribution in [-0.4, -0.2) is 19.2 Å². The van der Waals surface area contributed by atoms with Crippen LogP contribution in [0.5, 0.6) is 11.5 Å². The highest BCUT2D eigenvalue weighted by atomic mass is 16.5. The maximum absolute atomic E-state index is 6.37. The summed E-state index contributed by atoms with van der Waals surface area (Å²) in [6.45, 7) is 3.94. The lowest BCUT2D eigenvalue weighted by atomic mass is 9.97. The van der Waals surface area contributed by atoms with Crippen molar-refractivity contribution in [2.45, 2.75) is 19.9 Å². The quantitative estimate of drug-likeness (QED) is 0.929. The van der Waals surface area contributed by atoms with Gasteiger partial charge in [0.15, 0.2) is 0 Å². The largest absolute Gasteiger partial charge is 0.497 e. The number of nitrogens with zero attached hydrogens (tertiary/aromatic N) is 1. The molecule has 1 unspecified atom stereocenters. The molecule has 20 heavy (non-hydrogen) atoms. The van der Waals surface area contributed by atoms with Crippen molar-refractivity contribution in [1.29, 1.82) is 0 Å². The highest BCUT2D eigenvalue weighted by Gasteiger charge is 2.17. The fourth-order valence-corrected chi connectivity index (χ4v) is 2.27. The van der Waals surface area contributed by atoms with E-state index < -0.39 is 0 Å². The predicted octanol–water partition coefficient (Wildman–Crippen LogP) is 2.76. The number of rotatable bonds is 4. The smallest absolute Gasteiger partial charge is 0.127 e. The lowest BCUT2D eigenvalue weighted by Gasteiger charge is -2.18. The Balaban J connectivity index is 2.44. The van der Waals surface area contributed by atoms with Crippen LogP contribution < -0.4 is 15.2 Å². The molecule has 0 aliphatic rings. The van der Waals surface area contributed by atoms with Gasteiger partial charge < -0.3 is 15.2 Å². The maximum atomic E-state index is 6.37. The van der Waals surface area contributed by atoms with Crippen LogP contribution in [-0.2, 0) is 0 Å². The molecule has 1 heterocycles. The van der Waals surface area contributed by atoms with Gasteiger partial charge in [-0.2, -0.15) is 0 Å². The van der Waals surface area contributed by atoms with E-state index in [1.165, 1.54) is 0 Å². The lowest BCUT2D eigenvalue weighted by molar-refractivity contribution is 0.390. The minimum Gasteiger partial charge on any atom is -0.497 e. The molecule has 0 radical (unpaired) electrons. The molecule has 0 amide bonds. The van der Waals surface area contributed by atoms with E-state index in [-0.39, 0.29) is 6.04 Å². The Morgan fingerprint density at radius 1 is 1.00 bits per heavy atom. The van der Waals surface area contributed by atoms with E-state index in [1.807, 2.05) is 44.2 Å². The zero-order valence-electron chi connectivity index (χ0n) is 12.3. The number of ether oxygens (including phenoxy) is 2. The fourth-order valence-electron chi connectivity index (χ4n) is 2.27.